The number of carbonyl (C=O) groups is 4. The van der Waals surface area contributed by atoms with Crippen LogP contribution in [0.1, 0.15) is 58.3 Å². The zero-order valence-corrected chi connectivity index (χ0v) is 19.3. The van der Waals surface area contributed by atoms with Gasteiger partial charge in [-0.3, -0.25) is 19.3 Å². The minimum Gasteiger partial charge on any atom is -0.462 e. The van der Waals surface area contributed by atoms with E-state index in [1.54, 1.807) is 49.4 Å². The van der Waals surface area contributed by atoms with Gasteiger partial charge < -0.3 is 10.1 Å². The number of rotatable bonds is 7. The van der Waals surface area contributed by atoms with E-state index in [1.165, 1.54) is 11.3 Å². The first-order valence-corrected chi connectivity index (χ1v) is 11.5. The van der Waals surface area contributed by atoms with Gasteiger partial charge in [0.05, 0.1) is 33.5 Å². The van der Waals surface area contributed by atoms with Crippen LogP contribution in [0.3, 0.4) is 0 Å². The maximum atomic E-state index is 13.2. The smallest absolute Gasteiger partial charge is 0.338 e. The number of nitrogens with zero attached hydrogens (tertiary/aromatic N) is 2. The number of nitrogens with one attached hydrogen (secondary N) is 1. The molecule has 8 nitrogen and oxygen atoms in total. The molecule has 3 amide bonds. The summed E-state index contributed by atoms with van der Waals surface area (Å²) in [6.45, 7) is 5.86. The van der Waals surface area contributed by atoms with Gasteiger partial charge in [0.1, 0.15) is 6.04 Å². The lowest BCUT2D eigenvalue weighted by Crippen LogP contribution is -2.47. The fraction of sp³-hybridized carbons (Fsp3) is 0.292. The number of hydrogen-bond donors (Lipinski definition) is 1. The van der Waals surface area contributed by atoms with Gasteiger partial charge in [0.25, 0.3) is 11.8 Å². The number of benzene rings is 2. The fourth-order valence-electron chi connectivity index (χ4n) is 3.78. The Balaban J connectivity index is 1.59. The Bertz CT molecular complexity index is 1230. The predicted octanol–water partition coefficient (Wildman–Crippen LogP) is 4.12. The molecule has 170 valence electrons. The van der Waals surface area contributed by atoms with Crippen molar-refractivity contribution in [3.8, 4) is 0 Å². The third kappa shape index (κ3) is 4.36. The molecule has 1 aromatic heterocycles. The van der Waals surface area contributed by atoms with Crippen LogP contribution in [-0.2, 0) is 9.53 Å². The average molecular weight is 466 g/mol. The molecule has 0 bridgehead atoms. The molecule has 1 N–H and O–H groups in total. The topological polar surface area (TPSA) is 106 Å². The second-order valence-electron chi connectivity index (χ2n) is 8.08. The molecule has 4 rings (SSSR count). The number of hydrogen-bond acceptors (Lipinski definition) is 7. The van der Waals surface area contributed by atoms with E-state index in [0.717, 1.165) is 4.90 Å². The van der Waals surface area contributed by atoms with Gasteiger partial charge in [0, 0.05) is 0 Å². The van der Waals surface area contributed by atoms with Crippen LogP contribution in [-0.4, -0.2) is 46.2 Å². The van der Waals surface area contributed by atoms with Gasteiger partial charge in [0.2, 0.25) is 5.91 Å². The Morgan fingerprint density at radius 2 is 1.76 bits per heavy atom. The van der Waals surface area contributed by atoms with Gasteiger partial charge in [-0.1, -0.05) is 37.3 Å². The molecule has 0 fully saturated rings. The summed E-state index contributed by atoms with van der Waals surface area (Å²) in [5.41, 5.74) is 1.62. The number of anilines is 1. The molecule has 0 radical (unpaired) electrons. The summed E-state index contributed by atoms with van der Waals surface area (Å²) in [5, 5.41) is 3.08. The molecular formula is C24H23N3O5S. The molecule has 2 aromatic carbocycles. The van der Waals surface area contributed by atoms with Crippen LogP contribution in [0.25, 0.3) is 10.2 Å². The van der Waals surface area contributed by atoms with E-state index < -0.39 is 29.7 Å². The van der Waals surface area contributed by atoms with Crippen LogP contribution in [0.15, 0.2) is 42.5 Å². The van der Waals surface area contributed by atoms with Crippen molar-refractivity contribution in [1.29, 1.82) is 0 Å². The van der Waals surface area contributed by atoms with Crippen LogP contribution in [0, 0.1) is 5.92 Å². The number of thiazole rings is 1. The van der Waals surface area contributed by atoms with Crippen LogP contribution in [0.2, 0.25) is 0 Å². The highest BCUT2D eigenvalue weighted by Crippen LogP contribution is 2.30. The highest BCUT2D eigenvalue weighted by molar-refractivity contribution is 7.22. The Labute approximate surface area is 194 Å². The first kappa shape index (κ1) is 22.6. The zero-order chi connectivity index (χ0) is 23.7. The lowest BCUT2D eigenvalue weighted by Gasteiger charge is -2.26. The van der Waals surface area contributed by atoms with E-state index in [4.69, 9.17) is 4.74 Å². The van der Waals surface area contributed by atoms with Crippen LogP contribution in [0.4, 0.5) is 5.13 Å². The molecule has 1 aliphatic heterocycles. The van der Waals surface area contributed by atoms with E-state index in [1.807, 2.05) is 13.8 Å². The summed E-state index contributed by atoms with van der Waals surface area (Å²) in [4.78, 5) is 56.6. The van der Waals surface area contributed by atoms with Gasteiger partial charge in [-0.25, -0.2) is 9.78 Å². The third-order valence-corrected chi connectivity index (χ3v) is 6.20. The monoisotopic (exact) mass is 465 g/mol. The average Bonchev–Trinajstić information content (AvgIpc) is 3.29. The second kappa shape index (κ2) is 9.11. The highest BCUT2D eigenvalue weighted by Gasteiger charge is 2.42. The standard InChI is InChI=1S/C24H23N3O5S/c1-4-32-23(31)14-9-10-17-19(12-14)33-24(25-17)26-20(28)18(11-13(2)3)27-21(29)15-7-5-6-8-16(15)22(27)30/h5-10,12-13,18H,4,11H2,1-3H3,(H,25,26,28). The molecule has 0 saturated carbocycles. The Hall–Kier alpha value is -3.59. The number of imide groups is 1. The Morgan fingerprint density at radius 3 is 2.36 bits per heavy atom. The molecule has 2 heterocycles. The van der Waals surface area contributed by atoms with Crippen LogP contribution < -0.4 is 5.32 Å². The van der Waals surface area contributed by atoms with Gasteiger partial charge in [-0.2, -0.15) is 0 Å². The first-order chi connectivity index (χ1) is 15.8. The van der Waals surface area contributed by atoms with Crippen LogP contribution >= 0.6 is 11.3 Å². The molecule has 0 aliphatic carbocycles. The van der Waals surface area contributed by atoms with Gasteiger partial charge in [-0.05, 0) is 49.6 Å². The highest BCUT2D eigenvalue weighted by atomic mass is 32.1. The first-order valence-electron chi connectivity index (χ1n) is 10.7. The van der Waals surface area contributed by atoms with E-state index in [-0.39, 0.29) is 12.5 Å². The summed E-state index contributed by atoms with van der Waals surface area (Å²) < 4.78 is 5.73. The maximum Gasteiger partial charge on any atom is 0.338 e. The van der Waals surface area contributed by atoms with Crippen molar-refractivity contribution in [2.45, 2.75) is 33.2 Å². The fourth-order valence-corrected chi connectivity index (χ4v) is 4.68. The van der Waals surface area contributed by atoms with Crippen molar-refractivity contribution in [2.75, 3.05) is 11.9 Å². The van der Waals surface area contributed by atoms with Crippen molar-refractivity contribution in [3.05, 3.63) is 59.2 Å². The zero-order valence-electron chi connectivity index (χ0n) is 18.5. The maximum absolute atomic E-state index is 13.2. The van der Waals surface area contributed by atoms with Crippen molar-refractivity contribution in [3.63, 3.8) is 0 Å². The van der Waals surface area contributed by atoms with E-state index in [9.17, 15) is 19.2 Å². The number of esters is 1. The molecule has 0 spiro atoms. The summed E-state index contributed by atoms with van der Waals surface area (Å²) in [5.74, 6) is -1.80. The number of ether oxygens (including phenoxy) is 1. The Morgan fingerprint density at radius 1 is 1.09 bits per heavy atom. The van der Waals surface area contributed by atoms with E-state index in [2.05, 4.69) is 10.3 Å². The SMILES string of the molecule is CCOC(=O)c1ccc2nc(NC(=O)C(CC(C)C)N3C(=O)c4ccccc4C3=O)sc2c1. The van der Waals surface area contributed by atoms with Crippen molar-refractivity contribution < 1.29 is 23.9 Å². The van der Waals surface area contributed by atoms with E-state index >= 15 is 0 Å². The second-order valence-corrected chi connectivity index (χ2v) is 9.11. The molecular weight excluding hydrogens is 442 g/mol. The number of fused-ring (bicyclic) bond motifs is 2. The molecule has 9 heteroatoms. The number of aromatic nitrogens is 1. The minimum atomic E-state index is -0.973. The largest absolute Gasteiger partial charge is 0.462 e. The van der Waals surface area contributed by atoms with Crippen LogP contribution in [0.5, 0.6) is 0 Å². The minimum absolute atomic E-state index is 0.0626. The van der Waals surface area contributed by atoms with E-state index in [0.29, 0.717) is 38.5 Å². The lowest BCUT2D eigenvalue weighted by molar-refractivity contribution is -0.120. The Kier molecular flexibility index (Phi) is 6.24. The number of amides is 3. The molecule has 33 heavy (non-hydrogen) atoms. The lowest BCUT2D eigenvalue weighted by atomic mass is 10.0. The van der Waals surface area contributed by atoms with Crippen molar-refractivity contribution >= 4 is 50.4 Å². The quantitative estimate of drug-likeness (QED) is 0.416. The molecule has 1 atom stereocenters. The predicted molar refractivity (Wildman–Crippen MR) is 124 cm³/mol. The molecule has 1 aliphatic rings. The summed E-state index contributed by atoms with van der Waals surface area (Å²) >= 11 is 1.20. The third-order valence-electron chi connectivity index (χ3n) is 5.26. The summed E-state index contributed by atoms with van der Waals surface area (Å²) in [6, 6.07) is 10.6. The molecule has 3 aromatic rings. The van der Waals surface area contributed by atoms with Gasteiger partial charge >= 0.3 is 5.97 Å². The summed E-state index contributed by atoms with van der Waals surface area (Å²) in [6.07, 6.45) is 0.315. The number of carbonyl (C=O) groups excluding carboxylic acids is 4. The van der Waals surface area contributed by atoms with Gasteiger partial charge in [-0.15, -0.1) is 0 Å². The van der Waals surface area contributed by atoms with Crippen molar-refractivity contribution in [2.24, 2.45) is 5.92 Å². The van der Waals surface area contributed by atoms with Gasteiger partial charge in [0.15, 0.2) is 5.13 Å². The van der Waals surface area contributed by atoms with Crippen molar-refractivity contribution in [1.82, 2.24) is 9.88 Å². The molecule has 1 unspecified atom stereocenters. The summed E-state index contributed by atoms with van der Waals surface area (Å²) in [7, 11) is 0. The normalized spacial score (nSPS) is 14.0. The molecule has 0 saturated heterocycles.